The molecule has 0 atom stereocenters. The fourth-order valence-electron chi connectivity index (χ4n) is 3.74. The average Bonchev–Trinajstić information content (AvgIpc) is 3.28. The second kappa shape index (κ2) is 6.57. The summed E-state index contributed by atoms with van der Waals surface area (Å²) in [4.78, 5) is -0.364. The topological polar surface area (TPSA) is 34.1 Å². The van der Waals surface area contributed by atoms with Crippen LogP contribution in [0.4, 0.5) is 8.78 Å². The lowest BCUT2D eigenvalue weighted by atomic mass is 9.97. The van der Waals surface area contributed by atoms with Crippen LogP contribution in [0.2, 0.25) is 10.0 Å². The summed E-state index contributed by atoms with van der Waals surface area (Å²) in [5.41, 5.74) is 4.40. The maximum Gasteiger partial charge on any atom is 0.341 e. The minimum absolute atomic E-state index is 0.268. The van der Waals surface area contributed by atoms with Crippen LogP contribution in [-0.2, 0) is 9.84 Å². The summed E-state index contributed by atoms with van der Waals surface area (Å²) in [6.07, 6.45) is 4.12. The Bertz CT molecular complexity index is 1040. The molecule has 142 valence electrons. The fraction of sp³-hybridized carbons (Fsp3) is 0.300. The molecule has 1 fully saturated rings. The monoisotopic (exact) mass is 428 g/mol. The molecule has 2 aliphatic rings. The minimum atomic E-state index is -4.59. The number of hydrogen-bond acceptors (Lipinski definition) is 2. The SMILES string of the molecule is O=S(=O)(c1ccc(C2=C(c3ccc(Cl)c(Cl)c3)CC3(CC3)C2)cc1)C(F)F. The average molecular weight is 429 g/mol. The van der Waals surface area contributed by atoms with Gasteiger partial charge in [0.05, 0.1) is 14.9 Å². The molecule has 0 bridgehead atoms. The van der Waals surface area contributed by atoms with Crippen molar-refractivity contribution in [1.29, 1.82) is 0 Å². The maximum atomic E-state index is 12.7. The van der Waals surface area contributed by atoms with Crippen molar-refractivity contribution in [2.45, 2.75) is 36.3 Å². The van der Waals surface area contributed by atoms with Crippen LogP contribution in [0.15, 0.2) is 47.4 Å². The van der Waals surface area contributed by atoms with E-state index in [0.29, 0.717) is 10.0 Å². The van der Waals surface area contributed by atoms with Crippen LogP contribution >= 0.6 is 23.2 Å². The van der Waals surface area contributed by atoms with E-state index in [1.165, 1.54) is 12.1 Å². The molecular formula is C20H16Cl2F2O2S. The lowest BCUT2D eigenvalue weighted by molar-refractivity contribution is 0.234. The van der Waals surface area contributed by atoms with Crippen molar-refractivity contribution in [2.24, 2.45) is 5.41 Å². The van der Waals surface area contributed by atoms with Gasteiger partial charge in [0.15, 0.2) is 0 Å². The molecule has 2 aromatic carbocycles. The Morgan fingerprint density at radius 2 is 1.41 bits per heavy atom. The number of rotatable bonds is 4. The number of hydrogen-bond donors (Lipinski definition) is 0. The highest BCUT2D eigenvalue weighted by Crippen LogP contribution is 2.63. The molecule has 0 radical (unpaired) electrons. The normalized spacial score (nSPS) is 18.6. The summed E-state index contributed by atoms with van der Waals surface area (Å²) in [5.74, 6) is -3.42. The van der Waals surface area contributed by atoms with E-state index in [1.807, 2.05) is 12.1 Å². The van der Waals surface area contributed by atoms with Gasteiger partial charge in [0.25, 0.3) is 0 Å². The smallest absolute Gasteiger partial charge is 0.218 e. The fourth-order valence-corrected chi connectivity index (χ4v) is 4.76. The Balaban J connectivity index is 1.76. The van der Waals surface area contributed by atoms with Gasteiger partial charge in [0.1, 0.15) is 0 Å². The molecule has 0 aromatic heterocycles. The molecule has 27 heavy (non-hydrogen) atoms. The van der Waals surface area contributed by atoms with Crippen molar-refractivity contribution in [2.75, 3.05) is 0 Å². The Labute approximate surface area is 166 Å². The van der Waals surface area contributed by atoms with Crippen LogP contribution in [0, 0.1) is 5.41 Å². The molecule has 1 saturated carbocycles. The van der Waals surface area contributed by atoms with Crippen molar-refractivity contribution in [3.8, 4) is 0 Å². The lowest BCUT2D eigenvalue weighted by Gasteiger charge is -2.10. The zero-order chi connectivity index (χ0) is 19.4. The van der Waals surface area contributed by atoms with Gasteiger partial charge in [-0.2, -0.15) is 8.78 Å². The summed E-state index contributed by atoms with van der Waals surface area (Å²) < 4.78 is 48.8. The van der Waals surface area contributed by atoms with Crippen molar-refractivity contribution in [3.05, 3.63) is 63.6 Å². The molecule has 0 amide bonds. The Morgan fingerprint density at radius 3 is 1.93 bits per heavy atom. The van der Waals surface area contributed by atoms with E-state index in [-0.39, 0.29) is 10.3 Å². The van der Waals surface area contributed by atoms with Gasteiger partial charge in [0.2, 0.25) is 9.84 Å². The summed E-state index contributed by atoms with van der Waals surface area (Å²) >= 11 is 12.2. The van der Waals surface area contributed by atoms with Crippen LogP contribution in [-0.4, -0.2) is 14.2 Å². The molecule has 0 saturated heterocycles. The third-order valence-corrected chi connectivity index (χ3v) is 7.60. The van der Waals surface area contributed by atoms with Gasteiger partial charge in [0, 0.05) is 0 Å². The predicted octanol–water partition coefficient (Wildman–Crippen LogP) is 6.47. The highest BCUT2D eigenvalue weighted by atomic mass is 35.5. The first-order chi connectivity index (χ1) is 12.7. The third-order valence-electron chi connectivity index (χ3n) is 5.46. The molecule has 0 unspecified atom stereocenters. The number of halogens is 4. The van der Waals surface area contributed by atoms with E-state index < -0.39 is 15.6 Å². The van der Waals surface area contributed by atoms with Crippen LogP contribution < -0.4 is 0 Å². The minimum Gasteiger partial charge on any atom is -0.218 e. The predicted molar refractivity (Wildman–Crippen MR) is 104 cm³/mol. The lowest BCUT2D eigenvalue weighted by Crippen LogP contribution is -2.11. The second-order valence-electron chi connectivity index (χ2n) is 7.27. The molecule has 1 spiro atoms. The zero-order valence-electron chi connectivity index (χ0n) is 14.2. The summed E-state index contributed by atoms with van der Waals surface area (Å²) in [5, 5.41) is 0.972. The zero-order valence-corrected chi connectivity index (χ0v) is 16.5. The highest BCUT2D eigenvalue weighted by molar-refractivity contribution is 7.91. The van der Waals surface area contributed by atoms with Crippen LogP contribution in [0.5, 0.6) is 0 Å². The quantitative estimate of drug-likeness (QED) is 0.558. The van der Waals surface area contributed by atoms with E-state index in [4.69, 9.17) is 23.2 Å². The molecule has 2 nitrogen and oxygen atoms in total. The third kappa shape index (κ3) is 3.41. The van der Waals surface area contributed by atoms with Gasteiger partial charge in [-0.1, -0.05) is 41.4 Å². The van der Waals surface area contributed by atoms with Crippen LogP contribution in [0.1, 0.15) is 36.8 Å². The Morgan fingerprint density at radius 1 is 0.852 bits per heavy atom. The van der Waals surface area contributed by atoms with Crippen molar-refractivity contribution in [1.82, 2.24) is 0 Å². The van der Waals surface area contributed by atoms with Crippen LogP contribution in [0.25, 0.3) is 11.1 Å². The second-order valence-corrected chi connectivity index (χ2v) is 10.0. The van der Waals surface area contributed by atoms with Gasteiger partial charge in [-0.15, -0.1) is 0 Å². The first-order valence-corrected chi connectivity index (χ1v) is 10.8. The van der Waals surface area contributed by atoms with Gasteiger partial charge in [-0.25, -0.2) is 8.42 Å². The van der Waals surface area contributed by atoms with Crippen LogP contribution in [0.3, 0.4) is 0 Å². The standard InChI is InChI=1S/C20H16Cl2F2O2S/c21-17-6-3-13(9-18(17)22)16-11-20(7-8-20)10-15(16)12-1-4-14(5-2-12)27(25,26)19(23)24/h1-6,9,19H,7-8,10-11H2. The largest absolute Gasteiger partial charge is 0.341 e. The number of alkyl halides is 2. The maximum absolute atomic E-state index is 12.7. The first kappa shape index (κ1) is 18.9. The number of sulfone groups is 1. The summed E-state index contributed by atoms with van der Waals surface area (Å²) in [7, 11) is -4.59. The molecule has 2 aromatic rings. The summed E-state index contributed by atoms with van der Waals surface area (Å²) in [6.45, 7) is 0. The molecule has 2 aliphatic carbocycles. The number of allylic oxidation sites excluding steroid dienone is 2. The van der Waals surface area contributed by atoms with E-state index in [9.17, 15) is 17.2 Å². The van der Waals surface area contributed by atoms with E-state index in [2.05, 4.69) is 0 Å². The molecule has 7 heteroatoms. The van der Waals surface area contributed by atoms with Crippen molar-refractivity contribution < 1.29 is 17.2 Å². The van der Waals surface area contributed by atoms with E-state index >= 15 is 0 Å². The molecule has 0 N–H and O–H groups in total. The first-order valence-electron chi connectivity index (χ1n) is 8.52. The molecular weight excluding hydrogens is 413 g/mol. The van der Waals surface area contributed by atoms with Gasteiger partial charge in [-0.05, 0) is 77.6 Å². The molecule has 0 aliphatic heterocycles. The summed E-state index contributed by atoms with van der Waals surface area (Å²) in [6, 6.07) is 11.3. The van der Waals surface area contributed by atoms with E-state index in [1.54, 1.807) is 18.2 Å². The van der Waals surface area contributed by atoms with E-state index in [0.717, 1.165) is 48.0 Å². The number of benzene rings is 2. The van der Waals surface area contributed by atoms with Gasteiger partial charge >= 0.3 is 5.76 Å². The van der Waals surface area contributed by atoms with Crippen molar-refractivity contribution in [3.63, 3.8) is 0 Å². The Hall–Kier alpha value is -1.43. The molecule has 4 rings (SSSR count). The van der Waals surface area contributed by atoms with Gasteiger partial charge < -0.3 is 0 Å². The highest BCUT2D eigenvalue weighted by Gasteiger charge is 2.48. The van der Waals surface area contributed by atoms with Crippen molar-refractivity contribution >= 4 is 44.2 Å². The van der Waals surface area contributed by atoms with Gasteiger partial charge in [-0.3, -0.25) is 0 Å². The Kier molecular flexibility index (Phi) is 4.60. The molecule has 0 heterocycles.